The van der Waals surface area contributed by atoms with Gasteiger partial charge >= 0.3 is 0 Å². The summed E-state index contributed by atoms with van der Waals surface area (Å²) in [6, 6.07) is 14.0. The molecule has 2 aromatic rings. The molecule has 9 heteroatoms. The molecular weight excluding hydrogens is 412 g/mol. The molecule has 0 unspecified atom stereocenters. The molecule has 0 aliphatic carbocycles. The lowest BCUT2D eigenvalue weighted by Crippen LogP contribution is -2.50. The number of benzene rings is 1. The number of hydrogen-bond donors (Lipinski definition) is 1. The Kier molecular flexibility index (Phi) is 7.86. The lowest BCUT2D eigenvalue weighted by atomic mass is 10.1. The third-order valence-electron chi connectivity index (χ3n) is 5.49. The molecule has 0 saturated carbocycles. The first-order chi connectivity index (χ1) is 14.9. The van der Waals surface area contributed by atoms with Crippen LogP contribution in [0.1, 0.15) is 11.1 Å². The van der Waals surface area contributed by atoms with Crippen molar-refractivity contribution < 1.29 is 8.42 Å². The highest BCUT2D eigenvalue weighted by atomic mass is 32.2. The number of aromatic nitrogens is 1. The highest BCUT2D eigenvalue weighted by Gasteiger charge is 2.27. The molecule has 0 spiro atoms. The molecule has 0 bridgehead atoms. The summed E-state index contributed by atoms with van der Waals surface area (Å²) in [5.41, 5.74) is 2.43. The predicted octanol–water partition coefficient (Wildman–Crippen LogP) is 1.55. The van der Waals surface area contributed by atoms with Crippen molar-refractivity contribution in [3.63, 3.8) is 0 Å². The topological polar surface area (TPSA) is 81.1 Å². The number of hydrogen-bond acceptors (Lipinski definition) is 5. The van der Waals surface area contributed by atoms with E-state index in [1.807, 2.05) is 42.3 Å². The molecule has 1 aliphatic rings. The monoisotopic (exact) mass is 444 g/mol. The first-order valence-electron chi connectivity index (χ1n) is 10.5. The largest absolute Gasteiger partial charge is 0.355 e. The van der Waals surface area contributed by atoms with Gasteiger partial charge in [-0.2, -0.15) is 4.31 Å². The van der Waals surface area contributed by atoms with Crippen molar-refractivity contribution >= 4 is 21.8 Å². The summed E-state index contributed by atoms with van der Waals surface area (Å²) in [4.78, 5) is 12.8. The molecule has 1 aromatic carbocycles. The van der Waals surface area contributed by atoms with E-state index in [-0.39, 0.29) is 5.75 Å². The number of aliphatic imine (C=N–C) groups is 1. The summed E-state index contributed by atoms with van der Waals surface area (Å²) >= 11 is 0. The van der Waals surface area contributed by atoms with E-state index in [2.05, 4.69) is 39.2 Å². The van der Waals surface area contributed by atoms with Crippen LogP contribution in [0.15, 0.2) is 53.7 Å². The van der Waals surface area contributed by atoms with Gasteiger partial charge in [0.1, 0.15) is 5.82 Å². The zero-order valence-corrected chi connectivity index (χ0v) is 19.3. The van der Waals surface area contributed by atoms with Gasteiger partial charge in [-0.05, 0) is 30.2 Å². The van der Waals surface area contributed by atoms with Gasteiger partial charge < -0.3 is 15.1 Å². The van der Waals surface area contributed by atoms with Gasteiger partial charge in [0.25, 0.3) is 0 Å². The SMILES string of the molecule is CN=C(NCCS(=O)(=O)N1CCN(c2ccccn2)CC1)N(C)Cc1ccccc1C. The van der Waals surface area contributed by atoms with Crippen molar-refractivity contribution in [3.8, 4) is 0 Å². The molecule has 1 aliphatic heterocycles. The molecule has 0 radical (unpaired) electrons. The van der Waals surface area contributed by atoms with E-state index < -0.39 is 10.0 Å². The number of aryl methyl sites for hydroxylation is 1. The van der Waals surface area contributed by atoms with Crippen molar-refractivity contribution in [2.45, 2.75) is 13.5 Å². The van der Waals surface area contributed by atoms with Gasteiger partial charge in [0.15, 0.2) is 5.96 Å². The average molecular weight is 445 g/mol. The Hall–Kier alpha value is -2.65. The number of nitrogens with one attached hydrogen (secondary N) is 1. The standard InChI is InChI=1S/C22H32N6O2S/c1-19-8-4-5-9-20(19)18-26(3)22(23-2)25-12-17-31(29,30)28-15-13-27(14-16-28)21-10-6-7-11-24-21/h4-11H,12-18H2,1-3H3,(H,23,25). The van der Waals surface area contributed by atoms with E-state index in [4.69, 9.17) is 0 Å². The lowest BCUT2D eigenvalue weighted by Gasteiger charge is -2.34. The van der Waals surface area contributed by atoms with Crippen LogP contribution in [0, 0.1) is 6.92 Å². The number of rotatable bonds is 7. The van der Waals surface area contributed by atoms with Crippen LogP contribution in [0.25, 0.3) is 0 Å². The van der Waals surface area contributed by atoms with Crippen molar-refractivity contribution in [1.29, 1.82) is 0 Å². The van der Waals surface area contributed by atoms with Crippen molar-refractivity contribution in [3.05, 3.63) is 59.8 Å². The second kappa shape index (κ2) is 10.6. The zero-order chi connectivity index (χ0) is 22.3. The second-order valence-electron chi connectivity index (χ2n) is 7.65. The van der Waals surface area contributed by atoms with Crippen LogP contribution in [0.5, 0.6) is 0 Å². The van der Waals surface area contributed by atoms with Crippen molar-refractivity contribution in [1.82, 2.24) is 19.5 Å². The minimum atomic E-state index is -3.33. The minimum absolute atomic E-state index is 0.0355. The molecule has 0 amide bonds. The van der Waals surface area contributed by atoms with Crippen LogP contribution in [0.3, 0.4) is 0 Å². The van der Waals surface area contributed by atoms with Crippen molar-refractivity contribution in [2.24, 2.45) is 4.99 Å². The van der Waals surface area contributed by atoms with Gasteiger partial charge in [-0.15, -0.1) is 0 Å². The molecule has 31 heavy (non-hydrogen) atoms. The summed E-state index contributed by atoms with van der Waals surface area (Å²) in [7, 11) is 0.328. The maximum atomic E-state index is 12.8. The number of guanidine groups is 1. The Labute approximate surface area is 185 Å². The maximum absolute atomic E-state index is 12.8. The van der Waals surface area contributed by atoms with E-state index in [0.29, 0.717) is 45.2 Å². The maximum Gasteiger partial charge on any atom is 0.215 e. The Balaban J connectivity index is 1.48. The molecule has 1 fully saturated rings. The van der Waals surface area contributed by atoms with Gasteiger partial charge in [0.05, 0.1) is 5.75 Å². The normalized spacial score (nSPS) is 15.7. The van der Waals surface area contributed by atoms with Crippen LogP contribution >= 0.6 is 0 Å². The van der Waals surface area contributed by atoms with E-state index in [9.17, 15) is 8.42 Å². The fourth-order valence-corrected chi connectivity index (χ4v) is 5.00. The summed E-state index contributed by atoms with van der Waals surface area (Å²) in [6.45, 7) is 5.33. The fraction of sp³-hybridized carbons (Fsp3) is 0.455. The Morgan fingerprint density at radius 1 is 1.13 bits per heavy atom. The van der Waals surface area contributed by atoms with E-state index >= 15 is 0 Å². The van der Waals surface area contributed by atoms with Crippen LogP contribution in [-0.4, -0.2) is 81.1 Å². The second-order valence-corrected chi connectivity index (χ2v) is 9.74. The number of nitrogens with zero attached hydrogens (tertiary/aromatic N) is 5. The van der Waals surface area contributed by atoms with Gasteiger partial charge in [0, 0.05) is 59.6 Å². The summed E-state index contributed by atoms with van der Waals surface area (Å²) in [5, 5.41) is 3.19. The van der Waals surface area contributed by atoms with Crippen LogP contribution in [-0.2, 0) is 16.6 Å². The highest BCUT2D eigenvalue weighted by molar-refractivity contribution is 7.89. The zero-order valence-electron chi connectivity index (χ0n) is 18.5. The van der Waals surface area contributed by atoms with E-state index in [1.54, 1.807) is 17.5 Å². The minimum Gasteiger partial charge on any atom is -0.355 e. The lowest BCUT2D eigenvalue weighted by molar-refractivity contribution is 0.383. The molecule has 1 saturated heterocycles. The summed E-state index contributed by atoms with van der Waals surface area (Å²) in [6.07, 6.45) is 1.76. The predicted molar refractivity (Wildman–Crippen MR) is 126 cm³/mol. The van der Waals surface area contributed by atoms with Gasteiger partial charge in [-0.1, -0.05) is 30.3 Å². The number of pyridine rings is 1. The number of sulfonamides is 1. The van der Waals surface area contributed by atoms with Crippen molar-refractivity contribution in [2.75, 3.05) is 57.5 Å². The molecule has 2 heterocycles. The van der Waals surface area contributed by atoms with Crippen LogP contribution in [0.2, 0.25) is 0 Å². The highest BCUT2D eigenvalue weighted by Crippen LogP contribution is 2.15. The Bertz CT molecular complexity index is 973. The first kappa shape index (κ1) is 23.0. The molecule has 1 N–H and O–H groups in total. The van der Waals surface area contributed by atoms with Gasteiger partial charge in [-0.25, -0.2) is 13.4 Å². The molecule has 1 aromatic heterocycles. The Morgan fingerprint density at radius 3 is 2.48 bits per heavy atom. The molecule has 8 nitrogen and oxygen atoms in total. The van der Waals surface area contributed by atoms with E-state index in [1.165, 1.54) is 11.1 Å². The average Bonchev–Trinajstić information content (AvgIpc) is 2.79. The molecule has 0 atom stereocenters. The third kappa shape index (κ3) is 6.18. The molecular formula is C22H32N6O2S. The van der Waals surface area contributed by atoms with E-state index in [0.717, 1.165) is 5.82 Å². The summed E-state index contributed by atoms with van der Waals surface area (Å²) < 4.78 is 27.2. The fourth-order valence-electron chi connectivity index (χ4n) is 3.66. The third-order valence-corrected chi connectivity index (χ3v) is 7.36. The van der Waals surface area contributed by atoms with Crippen LogP contribution in [0.4, 0.5) is 5.82 Å². The Morgan fingerprint density at radius 2 is 1.84 bits per heavy atom. The quantitative estimate of drug-likeness (QED) is 0.516. The molecule has 168 valence electrons. The number of anilines is 1. The van der Waals surface area contributed by atoms with Gasteiger partial charge in [-0.3, -0.25) is 4.99 Å². The van der Waals surface area contributed by atoms with Gasteiger partial charge in [0.2, 0.25) is 10.0 Å². The van der Waals surface area contributed by atoms with Crippen LogP contribution < -0.4 is 10.2 Å². The summed E-state index contributed by atoms with van der Waals surface area (Å²) in [5.74, 6) is 1.61. The number of piperazine rings is 1. The smallest absolute Gasteiger partial charge is 0.215 e. The molecule has 3 rings (SSSR count). The first-order valence-corrected chi connectivity index (χ1v) is 12.1.